The molecule has 0 aromatic heterocycles. The van der Waals surface area contributed by atoms with Crippen LogP contribution in [0, 0.1) is 21.4 Å². The second-order valence-corrected chi connectivity index (χ2v) is 5.00. The zero-order valence-electron chi connectivity index (χ0n) is 10.8. The van der Waals surface area contributed by atoms with Crippen LogP contribution >= 0.6 is 23.2 Å². The Bertz CT molecular complexity index is 815. The first-order chi connectivity index (χ1) is 10.4. The number of non-ortho nitro benzene ring substituents is 1. The summed E-state index contributed by atoms with van der Waals surface area (Å²) in [5.74, 6) is -0.541. The average molecular weight is 336 g/mol. The highest BCUT2D eigenvalue weighted by atomic mass is 35.5. The van der Waals surface area contributed by atoms with E-state index in [0.29, 0.717) is 5.69 Å². The Morgan fingerprint density at radius 3 is 2.45 bits per heavy atom. The number of anilines is 1. The quantitative estimate of drug-likeness (QED) is 0.676. The van der Waals surface area contributed by atoms with Gasteiger partial charge in [0.15, 0.2) is 0 Å². The molecule has 0 unspecified atom stereocenters. The molecule has 0 radical (unpaired) electrons. The van der Waals surface area contributed by atoms with Gasteiger partial charge >= 0.3 is 0 Å². The highest BCUT2D eigenvalue weighted by Gasteiger charge is 2.15. The van der Waals surface area contributed by atoms with Crippen LogP contribution in [0.15, 0.2) is 36.4 Å². The van der Waals surface area contributed by atoms with E-state index in [0.717, 1.165) is 6.07 Å². The monoisotopic (exact) mass is 335 g/mol. The third-order valence-electron chi connectivity index (χ3n) is 2.76. The number of amides is 1. The number of nitro groups is 1. The molecule has 0 aliphatic rings. The van der Waals surface area contributed by atoms with Crippen molar-refractivity contribution in [3.05, 3.63) is 67.7 Å². The molecule has 22 heavy (non-hydrogen) atoms. The van der Waals surface area contributed by atoms with Gasteiger partial charge in [-0.05, 0) is 24.3 Å². The van der Waals surface area contributed by atoms with Crippen LogP contribution in [0.5, 0.6) is 0 Å². The highest BCUT2D eigenvalue weighted by Crippen LogP contribution is 2.25. The summed E-state index contributed by atoms with van der Waals surface area (Å²) < 4.78 is 0. The van der Waals surface area contributed by atoms with Crippen LogP contribution < -0.4 is 5.32 Å². The van der Waals surface area contributed by atoms with E-state index in [1.54, 1.807) is 0 Å². The first kappa shape index (κ1) is 15.8. The van der Waals surface area contributed by atoms with Crippen molar-refractivity contribution in [1.82, 2.24) is 0 Å². The SMILES string of the molecule is N#Cc1ccc(NC(=O)c2ccc([N+](=O)[O-])cc2Cl)cc1Cl. The zero-order chi connectivity index (χ0) is 16.3. The smallest absolute Gasteiger partial charge is 0.270 e. The third kappa shape index (κ3) is 3.34. The molecule has 110 valence electrons. The van der Waals surface area contributed by atoms with Crippen LogP contribution in [0.2, 0.25) is 10.0 Å². The van der Waals surface area contributed by atoms with E-state index >= 15 is 0 Å². The third-order valence-corrected chi connectivity index (χ3v) is 3.38. The van der Waals surface area contributed by atoms with Gasteiger partial charge in [-0.15, -0.1) is 0 Å². The lowest BCUT2D eigenvalue weighted by molar-refractivity contribution is -0.384. The summed E-state index contributed by atoms with van der Waals surface area (Å²) in [5, 5.41) is 22.1. The van der Waals surface area contributed by atoms with Crippen LogP contribution in [0.4, 0.5) is 11.4 Å². The van der Waals surface area contributed by atoms with Crippen molar-refractivity contribution in [2.45, 2.75) is 0 Å². The van der Waals surface area contributed by atoms with Gasteiger partial charge in [0.05, 0.1) is 26.1 Å². The summed E-state index contributed by atoms with van der Waals surface area (Å²) in [6, 6.07) is 9.87. The fraction of sp³-hybridized carbons (Fsp3) is 0. The van der Waals surface area contributed by atoms with Gasteiger partial charge in [0.1, 0.15) is 6.07 Å². The molecular weight excluding hydrogens is 329 g/mol. The van der Waals surface area contributed by atoms with Gasteiger partial charge < -0.3 is 5.32 Å². The molecule has 0 atom stereocenters. The fourth-order valence-electron chi connectivity index (χ4n) is 1.68. The van der Waals surface area contributed by atoms with Crippen molar-refractivity contribution >= 4 is 40.5 Å². The maximum atomic E-state index is 12.1. The van der Waals surface area contributed by atoms with E-state index in [4.69, 9.17) is 28.5 Å². The summed E-state index contributed by atoms with van der Waals surface area (Å²) in [7, 11) is 0. The topological polar surface area (TPSA) is 96.0 Å². The first-order valence-corrected chi connectivity index (χ1v) is 6.63. The van der Waals surface area contributed by atoms with Gasteiger partial charge in [-0.25, -0.2) is 0 Å². The van der Waals surface area contributed by atoms with E-state index in [2.05, 4.69) is 5.32 Å². The number of nitrogens with zero attached hydrogens (tertiary/aromatic N) is 2. The van der Waals surface area contributed by atoms with Crippen LogP contribution in [0.1, 0.15) is 15.9 Å². The van der Waals surface area contributed by atoms with Gasteiger partial charge in [0, 0.05) is 17.8 Å². The molecule has 0 spiro atoms. The van der Waals surface area contributed by atoms with Crippen molar-refractivity contribution < 1.29 is 9.72 Å². The molecule has 2 rings (SSSR count). The van der Waals surface area contributed by atoms with Crippen molar-refractivity contribution in [2.24, 2.45) is 0 Å². The number of rotatable bonds is 3. The van der Waals surface area contributed by atoms with Gasteiger partial charge in [0.2, 0.25) is 0 Å². The first-order valence-electron chi connectivity index (χ1n) is 5.87. The van der Waals surface area contributed by atoms with E-state index in [-0.39, 0.29) is 26.9 Å². The van der Waals surface area contributed by atoms with E-state index in [9.17, 15) is 14.9 Å². The number of halogens is 2. The summed E-state index contributed by atoms with van der Waals surface area (Å²) in [6.45, 7) is 0. The molecule has 0 heterocycles. The van der Waals surface area contributed by atoms with Gasteiger partial charge in [-0.2, -0.15) is 5.26 Å². The molecule has 0 bridgehead atoms. The molecule has 0 saturated carbocycles. The second-order valence-electron chi connectivity index (χ2n) is 4.18. The van der Waals surface area contributed by atoms with Crippen molar-refractivity contribution in [1.29, 1.82) is 5.26 Å². The minimum absolute atomic E-state index is 0.0357. The number of nitriles is 1. The Morgan fingerprint density at radius 2 is 1.91 bits per heavy atom. The second kappa shape index (κ2) is 6.43. The van der Waals surface area contributed by atoms with Crippen LogP contribution in [0.25, 0.3) is 0 Å². The molecule has 6 nitrogen and oxygen atoms in total. The fourth-order valence-corrected chi connectivity index (χ4v) is 2.17. The molecule has 0 saturated heterocycles. The largest absolute Gasteiger partial charge is 0.322 e. The standard InChI is InChI=1S/C14H7Cl2N3O3/c15-12-5-9(2-1-8(12)7-17)18-14(20)11-4-3-10(19(21)22)6-13(11)16/h1-6H,(H,18,20). The molecule has 1 amide bonds. The number of benzene rings is 2. The average Bonchev–Trinajstić information content (AvgIpc) is 2.47. The lowest BCUT2D eigenvalue weighted by Crippen LogP contribution is -2.12. The van der Waals surface area contributed by atoms with Gasteiger partial charge in [-0.1, -0.05) is 23.2 Å². The molecule has 8 heteroatoms. The summed E-state index contributed by atoms with van der Waals surface area (Å²) in [6.07, 6.45) is 0. The summed E-state index contributed by atoms with van der Waals surface area (Å²) >= 11 is 11.8. The van der Waals surface area contributed by atoms with Crippen LogP contribution in [0.3, 0.4) is 0 Å². The predicted octanol–water partition coefficient (Wildman–Crippen LogP) is 4.03. The van der Waals surface area contributed by atoms with Gasteiger partial charge in [-0.3, -0.25) is 14.9 Å². The normalized spacial score (nSPS) is 9.86. The molecular formula is C14H7Cl2N3O3. The van der Waals surface area contributed by atoms with Crippen molar-refractivity contribution in [3.8, 4) is 6.07 Å². The molecule has 1 N–H and O–H groups in total. The maximum absolute atomic E-state index is 12.1. The molecule has 2 aromatic carbocycles. The minimum atomic E-state index is -0.603. The Balaban J connectivity index is 2.24. The van der Waals surface area contributed by atoms with Crippen molar-refractivity contribution in [3.63, 3.8) is 0 Å². The predicted molar refractivity (Wildman–Crippen MR) is 82.2 cm³/mol. The number of nitro benzene ring substituents is 1. The molecule has 2 aromatic rings. The number of nitrogens with one attached hydrogen (secondary N) is 1. The lowest BCUT2D eigenvalue weighted by atomic mass is 10.1. The lowest BCUT2D eigenvalue weighted by Gasteiger charge is -2.07. The Labute approximate surface area is 135 Å². The Kier molecular flexibility index (Phi) is 4.61. The summed E-state index contributed by atoms with van der Waals surface area (Å²) in [5.41, 5.74) is 0.548. The Hall–Kier alpha value is -2.62. The van der Waals surface area contributed by atoms with Crippen LogP contribution in [-0.2, 0) is 0 Å². The van der Waals surface area contributed by atoms with E-state index in [1.165, 1.54) is 30.3 Å². The van der Waals surface area contributed by atoms with Crippen molar-refractivity contribution in [2.75, 3.05) is 5.32 Å². The number of carbonyl (C=O) groups excluding carboxylic acids is 1. The number of hydrogen-bond acceptors (Lipinski definition) is 4. The summed E-state index contributed by atoms with van der Waals surface area (Å²) in [4.78, 5) is 22.1. The number of carbonyl (C=O) groups is 1. The van der Waals surface area contributed by atoms with Crippen LogP contribution in [-0.4, -0.2) is 10.8 Å². The Morgan fingerprint density at radius 1 is 1.18 bits per heavy atom. The minimum Gasteiger partial charge on any atom is -0.322 e. The number of hydrogen-bond donors (Lipinski definition) is 1. The zero-order valence-corrected chi connectivity index (χ0v) is 12.4. The van der Waals surface area contributed by atoms with Gasteiger partial charge in [0.25, 0.3) is 11.6 Å². The van der Waals surface area contributed by atoms with E-state index < -0.39 is 10.8 Å². The highest BCUT2D eigenvalue weighted by molar-refractivity contribution is 6.35. The van der Waals surface area contributed by atoms with E-state index in [1.807, 2.05) is 6.07 Å². The molecule has 0 aliphatic carbocycles. The molecule has 0 fully saturated rings. The maximum Gasteiger partial charge on any atom is 0.270 e. The molecule has 0 aliphatic heterocycles.